The molecule has 1 heterocycles. The lowest BCUT2D eigenvalue weighted by atomic mass is 10.1. The highest BCUT2D eigenvalue weighted by molar-refractivity contribution is 5.94. The van der Waals surface area contributed by atoms with E-state index in [0.29, 0.717) is 12.1 Å². The van der Waals surface area contributed by atoms with E-state index in [1.807, 2.05) is 12.1 Å². The average molecular weight is 216 g/mol. The predicted octanol–water partition coefficient (Wildman–Crippen LogP) is 0.717. The van der Waals surface area contributed by atoms with E-state index < -0.39 is 0 Å². The number of rotatable bonds is 0. The minimum absolute atomic E-state index is 0.181. The van der Waals surface area contributed by atoms with Gasteiger partial charge in [-0.2, -0.15) is 5.26 Å². The zero-order valence-corrected chi connectivity index (χ0v) is 8.90. The number of carbonyl (C=O) groups is 1. The Kier molecular flexibility index (Phi) is 2.50. The number of hydrogen-bond donors (Lipinski definition) is 2. The van der Waals surface area contributed by atoms with Gasteiger partial charge >= 0.3 is 6.03 Å². The number of nitrogens with zero attached hydrogens (tertiary/aromatic N) is 2. The summed E-state index contributed by atoms with van der Waals surface area (Å²) < 4.78 is 0. The highest BCUT2D eigenvalue weighted by atomic mass is 16.2. The molecule has 0 radical (unpaired) electrons. The van der Waals surface area contributed by atoms with E-state index in [-0.39, 0.29) is 12.1 Å². The lowest BCUT2D eigenvalue weighted by Crippen LogP contribution is -2.38. The molecule has 1 unspecified atom stereocenters. The van der Waals surface area contributed by atoms with Crippen LogP contribution in [0.3, 0.4) is 0 Å². The standard InChI is InChI=1S/C11H12N4O/c1-14-11(16)15-6-9(13)8-3-2-7(5-12)4-10(8)15/h2-4,9H,6,13H2,1H3,(H,14,16). The summed E-state index contributed by atoms with van der Waals surface area (Å²) in [6, 6.07) is 6.88. The van der Waals surface area contributed by atoms with Crippen molar-refractivity contribution in [3.63, 3.8) is 0 Å². The van der Waals surface area contributed by atoms with E-state index in [9.17, 15) is 4.79 Å². The normalized spacial score (nSPS) is 17.8. The minimum Gasteiger partial charge on any atom is -0.341 e. The quantitative estimate of drug-likeness (QED) is 0.670. The Morgan fingerprint density at radius 1 is 1.69 bits per heavy atom. The van der Waals surface area contributed by atoms with Gasteiger partial charge in [-0.05, 0) is 17.7 Å². The molecule has 1 aliphatic rings. The van der Waals surface area contributed by atoms with Gasteiger partial charge in [0.25, 0.3) is 0 Å². The van der Waals surface area contributed by atoms with E-state index >= 15 is 0 Å². The van der Waals surface area contributed by atoms with Crippen LogP contribution in [0.2, 0.25) is 0 Å². The number of nitrogens with two attached hydrogens (primary N) is 1. The molecule has 0 saturated carbocycles. The molecule has 5 nitrogen and oxygen atoms in total. The Hall–Kier alpha value is -2.06. The Balaban J connectivity index is 2.47. The fourth-order valence-electron chi connectivity index (χ4n) is 1.88. The second-order valence-electron chi connectivity index (χ2n) is 3.66. The maximum atomic E-state index is 11.6. The highest BCUT2D eigenvalue weighted by Crippen LogP contribution is 2.33. The largest absolute Gasteiger partial charge is 0.341 e. The highest BCUT2D eigenvalue weighted by Gasteiger charge is 2.29. The molecule has 0 bridgehead atoms. The number of amides is 2. The molecule has 0 saturated heterocycles. The van der Waals surface area contributed by atoms with Gasteiger partial charge in [-0.25, -0.2) is 4.79 Å². The van der Waals surface area contributed by atoms with Gasteiger partial charge in [0.15, 0.2) is 0 Å². The average Bonchev–Trinajstić information content (AvgIpc) is 2.65. The fraction of sp³-hybridized carbons (Fsp3) is 0.273. The molecule has 1 aromatic carbocycles. The summed E-state index contributed by atoms with van der Waals surface area (Å²) in [6.45, 7) is 0.448. The summed E-state index contributed by atoms with van der Waals surface area (Å²) in [5.41, 5.74) is 8.08. The van der Waals surface area contributed by atoms with Gasteiger partial charge in [0.1, 0.15) is 0 Å². The van der Waals surface area contributed by atoms with Crippen molar-refractivity contribution < 1.29 is 4.79 Å². The summed E-state index contributed by atoms with van der Waals surface area (Å²) in [5, 5.41) is 11.4. The molecule has 2 amide bonds. The van der Waals surface area contributed by atoms with Crippen molar-refractivity contribution >= 4 is 11.7 Å². The zero-order chi connectivity index (χ0) is 11.7. The lowest BCUT2D eigenvalue weighted by Gasteiger charge is -2.16. The first-order valence-electron chi connectivity index (χ1n) is 4.96. The molecule has 1 atom stereocenters. The molecule has 1 aliphatic heterocycles. The van der Waals surface area contributed by atoms with Crippen molar-refractivity contribution in [3.05, 3.63) is 29.3 Å². The van der Waals surface area contributed by atoms with Crippen LogP contribution in [0.25, 0.3) is 0 Å². The van der Waals surface area contributed by atoms with Crippen LogP contribution < -0.4 is 16.0 Å². The molecule has 1 aromatic rings. The second kappa shape index (κ2) is 3.83. The lowest BCUT2D eigenvalue weighted by molar-refractivity contribution is 0.248. The van der Waals surface area contributed by atoms with Crippen LogP contribution in [0.4, 0.5) is 10.5 Å². The summed E-state index contributed by atoms with van der Waals surface area (Å²) in [7, 11) is 1.57. The Labute approximate surface area is 93.5 Å². The molecule has 2 rings (SSSR count). The fourth-order valence-corrected chi connectivity index (χ4v) is 1.88. The third-order valence-corrected chi connectivity index (χ3v) is 2.69. The van der Waals surface area contributed by atoms with Gasteiger partial charge in [0, 0.05) is 19.6 Å². The maximum absolute atomic E-state index is 11.6. The monoisotopic (exact) mass is 216 g/mol. The van der Waals surface area contributed by atoms with Gasteiger partial charge < -0.3 is 11.1 Å². The van der Waals surface area contributed by atoms with Crippen LogP contribution >= 0.6 is 0 Å². The van der Waals surface area contributed by atoms with Crippen molar-refractivity contribution in [3.8, 4) is 6.07 Å². The number of urea groups is 1. The van der Waals surface area contributed by atoms with E-state index in [0.717, 1.165) is 11.3 Å². The smallest absolute Gasteiger partial charge is 0.321 e. The van der Waals surface area contributed by atoms with Crippen LogP contribution in [0.5, 0.6) is 0 Å². The van der Waals surface area contributed by atoms with E-state index in [2.05, 4.69) is 5.32 Å². The van der Waals surface area contributed by atoms with Gasteiger partial charge in [0.2, 0.25) is 0 Å². The first-order chi connectivity index (χ1) is 7.67. The van der Waals surface area contributed by atoms with Crippen molar-refractivity contribution in [1.29, 1.82) is 5.26 Å². The minimum atomic E-state index is -0.204. The molecular weight excluding hydrogens is 204 g/mol. The topological polar surface area (TPSA) is 82.2 Å². The Bertz CT molecular complexity index is 477. The van der Waals surface area contributed by atoms with Crippen molar-refractivity contribution in [2.75, 3.05) is 18.5 Å². The second-order valence-corrected chi connectivity index (χ2v) is 3.66. The van der Waals surface area contributed by atoms with Gasteiger partial charge in [0.05, 0.1) is 17.3 Å². The molecule has 0 spiro atoms. The zero-order valence-electron chi connectivity index (χ0n) is 8.90. The number of anilines is 1. The first kappa shape index (κ1) is 10.5. The van der Waals surface area contributed by atoms with Crippen LogP contribution in [0.1, 0.15) is 17.2 Å². The summed E-state index contributed by atoms with van der Waals surface area (Å²) in [6.07, 6.45) is 0. The number of carbonyl (C=O) groups excluding carboxylic acids is 1. The van der Waals surface area contributed by atoms with Crippen molar-refractivity contribution in [1.82, 2.24) is 5.32 Å². The predicted molar refractivity (Wildman–Crippen MR) is 59.9 cm³/mol. The van der Waals surface area contributed by atoms with E-state index in [1.54, 1.807) is 24.1 Å². The molecule has 3 N–H and O–H groups in total. The van der Waals surface area contributed by atoms with Gasteiger partial charge in [-0.1, -0.05) is 6.07 Å². The number of benzene rings is 1. The molecule has 5 heteroatoms. The van der Waals surface area contributed by atoms with Crippen molar-refractivity contribution in [2.24, 2.45) is 5.73 Å². The molecule has 16 heavy (non-hydrogen) atoms. The van der Waals surface area contributed by atoms with E-state index in [1.165, 1.54) is 0 Å². The molecular formula is C11H12N4O. The van der Waals surface area contributed by atoms with E-state index in [4.69, 9.17) is 11.0 Å². The Morgan fingerprint density at radius 3 is 3.06 bits per heavy atom. The first-order valence-corrected chi connectivity index (χ1v) is 4.96. The number of nitriles is 1. The maximum Gasteiger partial charge on any atom is 0.321 e. The number of nitrogens with one attached hydrogen (secondary N) is 1. The number of hydrogen-bond acceptors (Lipinski definition) is 3. The molecule has 0 aromatic heterocycles. The third kappa shape index (κ3) is 1.49. The summed E-state index contributed by atoms with van der Waals surface area (Å²) in [4.78, 5) is 13.2. The number of fused-ring (bicyclic) bond motifs is 1. The van der Waals surface area contributed by atoms with Crippen molar-refractivity contribution in [2.45, 2.75) is 6.04 Å². The van der Waals surface area contributed by atoms with Gasteiger partial charge in [-0.15, -0.1) is 0 Å². The third-order valence-electron chi connectivity index (χ3n) is 2.69. The summed E-state index contributed by atoms with van der Waals surface area (Å²) >= 11 is 0. The molecule has 0 aliphatic carbocycles. The Morgan fingerprint density at radius 2 is 2.44 bits per heavy atom. The summed E-state index contributed by atoms with van der Waals surface area (Å²) in [5.74, 6) is 0. The molecule has 82 valence electrons. The van der Waals surface area contributed by atoms with Crippen LogP contribution in [-0.2, 0) is 0 Å². The van der Waals surface area contributed by atoms with Crippen LogP contribution in [0, 0.1) is 11.3 Å². The van der Waals surface area contributed by atoms with Gasteiger partial charge in [-0.3, -0.25) is 4.90 Å². The molecule has 0 fully saturated rings. The van der Waals surface area contributed by atoms with Crippen LogP contribution in [-0.4, -0.2) is 19.6 Å². The SMILES string of the molecule is CNC(=O)N1CC(N)c2ccc(C#N)cc21. The van der Waals surface area contributed by atoms with Crippen LogP contribution in [0.15, 0.2) is 18.2 Å².